The highest BCUT2D eigenvalue weighted by Gasteiger charge is 2.14. The lowest BCUT2D eigenvalue weighted by atomic mass is 9.99. The van der Waals surface area contributed by atoms with Gasteiger partial charge in [-0.15, -0.1) is 0 Å². The normalized spacial score (nSPS) is 10.8. The van der Waals surface area contributed by atoms with Crippen molar-refractivity contribution < 1.29 is 0 Å². The van der Waals surface area contributed by atoms with Gasteiger partial charge in [-0.05, 0) is 18.1 Å². The van der Waals surface area contributed by atoms with Crippen molar-refractivity contribution in [2.24, 2.45) is 0 Å². The monoisotopic (exact) mass is 233 g/mol. The number of nitrogens with zero attached hydrogens (tertiary/aromatic N) is 3. The summed E-state index contributed by atoms with van der Waals surface area (Å²) >= 11 is 6.11. The van der Waals surface area contributed by atoms with E-state index in [-0.39, 0.29) is 5.92 Å². The Bertz CT molecular complexity index is 483. The van der Waals surface area contributed by atoms with Gasteiger partial charge >= 0.3 is 0 Å². The van der Waals surface area contributed by atoms with E-state index in [2.05, 4.69) is 28.8 Å². The molecule has 2 aromatic heterocycles. The van der Waals surface area contributed by atoms with E-state index < -0.39 is 0 Å². The van der Waals surface area contributed by atoms with Crippen molar-refractivity contribution in [3.8, 4) is 11.3 Å². The highest BCUT2D eigenvalue weighted by molar-refractivity contribution is 6.30. The molecular formula is C12H12ClN3. The topological polar surface area (TPSA) is 38.7 Å². The molecule has 0 aliphatic carbocycles. The number of hydrogen-bond acceptors (Lipinski definition) is 3. The molecule has 16 heavy (non-hydrogen) atoms. The Labute approximate surface area is 99.5 Å². The molecule has 82 valence electrons. The van der Waals surface area contributed by atoms with Crippen LogP contribution in [-0.4, -0.2) is 15.0 Å². The fraction of sp³-hybridized carbons (Fsp3) is 0.250. The van der Waals surface area contributed by atoms with Crippen LogP contribution in [0.25, 0.3) is 11.3 Å². The minimum absolute atomic E-state index is 0.289. The van der Waals surface area contributed by atoms with Gasteiger partial charge in [-0.2, -0.15) is 0 Å². The Balaban J connectivity index is 2.61. The number of rotatable bonds is 2. The van der Waals surface area contributed by atoms with E-state index in [0.29, 0.717) is 5.15 Å². The largest absolute Gasteiger partial charge is 0.265 e. The molecule has 0 saturated carbocycles. The van der Waals surface area contributed by atoms with Crippen LogP contribution in [0.1, 0.15) is 25.3 Å². The molecule has 2 heterocycles. The van der Waals surface area contributed by atoms with Crippen molar-refractivity contribution >= 4 is 11.6 Å². The third-order valence-corrected chi connectivity index (χ3v) is 2.67. The van der Waals surface area contributed by atoms with E-state index in [1.807, 2.05) is 12.1 Å². The van der Waals surface area contributed by atoms with Gasteiger partial charge in [0.2, 0.25) is 0 Å². The van der Waals surface area contributed by atoms with Crippen molar-refractivity contribution in [2.45, 2.75) is 19.8 Å². The summed E-state index contributed by atoms with van der Waals surface area (Å²) in [7, 11) is 0. The van der Waals surface area contributed by atoms with E-state index in [0.717, 1.165) is 16.8 Å². The fourth-order valence-corrected chi connectivity index (χ4v) is 1.98. The first-order chi connectivity index (χ1) is 7.70. The lowest BCUT2D eigenvalue weighted by Gasteiger charge is -2.12. The van der Waals surface area contributed by atoms with E-state index in [1.54, 1.807) is 12.4 Å². The van der Waals surface area contributed by atoms with E-state index in [9.17, 15) is 0 Å². The van der Waals surface area contributed by atoms with Gasteiger partial charge in [-0.3, -0.25) is 4.98 Å². The van der Waals surface area contributed by atoms with Gasteiger partial charge in [0, 0.05) is 23.5 Å². The molecule has 3 nitrogen and oxygen atoms in total. The van der Waals surface area contributed by atoms with E-state index in [4.69, 9.17) is 11.6 Å². The SMILES string of the molecule is CC(C)c1c(Cl)ncnc1-c1ccncc1. The molecular weight excluding hydrogens is 222 g/mol. The van der Waals surface area contributed by atoms with Gasteiger partial charge in [0.15, 0.2) is 0 Å². The second-order valence-corrected chi connectivity index (χ2v) is 4.18. The predicted molar refractivity (Wildman–Crippen MR) is 64.4 cm³/mol. The van der Waals surface area contributed by atoms with E-state index in [1.165, 1.54) is 6.33 Å². The molecule has 0 aromatic carbocycles. The van der Waals surface area contributed by atoms with Gasteiger partial charge in [0.1, 0.15) is 11.5 Å². The minimum Gasteiger partial charge on any atom is -0.265 e. The summed E-state index contributed by atoms with van der Waals surface area (Å²) in [5.41, 5.74) is 2.88. The summed E-state index contributed by atoms with van der Waals surface area (Å²) in [5, 5.41) is 0.525. The van der Waals surface area contributed by atoms with Crippen molar-refractivity contribution in [1.82, 2.24) is 15.0 Å². The number of hydrogen-bond donors (Lipinski definition) is 0. The zero-order valence-electron chi connectivity index (χ0n) is 9.18. The van der Waals surface area contributed by atoms with Gasteiger partial charge < -0.3 is 0 Å². The predicted octanol–water partition coefficient (Wildman–Crippen LogP) is 3.32. The Hall–Kier alpha value is -1.48. The molecule has 2 rings (SSSR count). The third kappa shape index (κ3) is 2.04. The van der Waals surface area contributed by atoms with E-state index >= 15 is 0 Å². The molecule has 0 saturated heterocycles. The summed E-state index contributed by atoms with van der Waals surface area (Å²) < 4.78 is 0. The molecule has 0 unspecified atom stereocenters. The lowest BCUT2D eigenvalue weighted by molar-refractivity contribution is 0.849. The van der Waals surface area contributed by atoms with Gasteiger partial charge in [-0.1, -0.05) is 25.4 Å². The minimum atomic E-state index is 0.289. The Morgan fingerprint density at radius 1 is 1.12 bits per heavy atom. The van der Waals surface area contributed by atoms with Crippen molar-refractivity contribution in [2.75, 3.05) is 0 Å². The Morgan fingerprint density at radius 3 is 2.44 bits per heavy atom. The number of aromatic nitrogens is 3. The fourth-order valence-electron chi connectivity index (χ4n) is 1.63. The molecule has 4 heteroatoms. The van der Waals surface area contributed by atoms with Crippen LogP contribution < -0.4 is 0 Å². The summed E-state index contributed by atoms with van der Waals surface area (Å²) in [6.07, 6.45) is 4.98. The lowest BCUT2D eigenvalue weighted by Crippen LogP contribution is -1.98. The molecule has 0 aliphatic rings. The maximum atomic E-state index is 6.11. The molecule has 0 bridgehead atoms. The first kappa shape index (κ1) is 11.0. The molecule has 2 aromatic rings. The van der Waals surface area contributed by atoms with Crippen LogP contribution in [-0.2, 0) is 0 Å². The van der Waals surface area contributed by atoms with Crippen molar-refractivity contribution in [3.63, 3.8) is 0 Å². The quantitative estimate of drug-likeness (QED) is 0.747. The van der Waals surface area contributed by atoms with Crippen molar-refractivity contribution in [3.05, 3.63) is 41.6 Å². The second kappa shape index (κ2) is 4.58. The molecule has 0 fully saturated rings. The molecule has 0 radical (unpaired) electrons. The number of halogens is 1. The Kier molecular flexibility index (Phi) is 3.15. The summed E-state index contributed by atoms with van der Waals surface area (Å²) in [6.45, 7) is 4.16. The standard InChI is InChI=1S/C12H12ClN3/c1-8(2)10-11(15-7-16-12(10)13)9-3-5-14-6-4-9/h3-8H,1-2H3. The third-order valence-electron chi connectivity index (χ3n) is 2.37. The highest BCUT2D eigenvalue weighted by atomic mass is 35.5. The highest BCUT2D eigenvalue weighted by Crippen LogP contribution is 2.30. The molecule has 0 N–H and O–H groups in total. The van der Waals surface area contributed by atoms with Gasteiger partial charge in [0.05, 0.1) is 5.69 Å². The summed E-state index contributed by atoms with van der Waals surface area (Å²) in [6, 6.07) is 3.84. The van der Waals surface area contributed by atoms with Crippen LogP contribution in [0, 0.1) is 0 Å². The summed E-state index contributed by atoms with van der Waals surface area (Å²) in [4.78, 5) is 12.3. The van der Waals surface area contributed by atoms with Crippen LogP contribution >= 0.6 is 11.6 Å². The van der Waals surface area contributed by atoms with Gasteiger partial charge in [0.25, 0.3) is 0 Å². The first-order valence-corrected chi connectivity index (χ1v) is 5.48. The summed E-state index contributed by atoms with van der Waals surface area (Å²) in [5.74, 6) is 0.289. The zero-order chi connectivity index (χ0) is 11.5. The molecule has 0 amide bonds. The van der Waals surface area contributed by atoms with Crippen LogP contribution in [0.5, 0.6) is 0 Å². The van der Waals surface area contributed by atoms with Crippen molar-refractivity contribution in [1.29, 1.82) is 0 Å². The maximum absolute atomic E-state index is 6.11. The molecule has 0 aliphatic heterocycles. The second-order valence-electron chi connectivity index (χ2n) is 3.82. The van der Waals surface area contributed by atoms with Crippen LogP contribution in [0.4, 0.5) is 0 Å². The smallest absolute Gasteiger partial charge is 0.136 e. The van der Waals surface area contributed by atoms with Crippen LogP contribution in [0.2, 0.25) is 5.15 Å². The average Bonchev–Trinajstić information content (AvgIpc) is 2.29. The zero-order valence-corrected chi connectivity index (χ0v) is 9.94. The van der Waals surface area contributed by atoms with Crippen LogP contribution in [0.3, 0.4) is 0 Å². The average molecular weight is 234 g/mol. The van der Waals surface area contributed by atoms with Gasteiger partial charge in [-0.25, -0.2) is 9.97 Å². The maximum Gasteiger partial charge on any atom is 0.136 e. The van der Waals surface area contributed by atoms with Crippen LogP contribution in [0.15, 0.2) is 30.9 Å². The molecule has 0 spiro atoms. The molecule has 0 atom stereocenters. The first-order valence-electron chi connectivity index (χ1n) is 5.11. The Morgan fingerprint density at radius 2 is 1.81 bits per heavy atom. The number of pyridine rings is 1.